The van der Waals surface area contributed by atoms with Crippen molar-refractivity contribution in [3.63, 3.8) is 0 Å². The smallest absolute Gasteiger partial charge is 0.263 e. The van der Waals surface area contributed by atoms with Crippen LogP contribution in [0.1, 0.15) is 16.1 Å². The quantitative estimate of drug-likeness (QED) is 0.809. The van der Waals surface area contributed by atoms with E-state index in [0.29, 0.717) is 32.8 Å². The molecule has 1 aromatic rings. The zero-order chi connectivity index (χ0) is 16.7. The Morgan fingerprint density at radius 1 is 1.48 bits per heavy atom. The zero-order valence-corrected chi connectivity index (χ0v) is 15.0. The highest BCUT2D eigenvalue weighted by Gasteiger charge is 2.52. The van der Waals surface area contributed by atoms with Gasteiger partial charge in [0.05, 0.1) is 17.7 Å². The van der Waals surface area contributed by atoms with Crippen molar-refractivity contribution in [1.29, 1.82) is 0 Å². The predicted octanol–water partition coefficient (Wildman–Crippen LogP) is 1.12. The van der Waals surface area contributed by atoms with E-state index in [1.807, 2.05) is 22.4 Å². The number of carbonyl (C=O) groups excluding carboxylic acids is 1. The minimum Gasteiger partial charge on any atom is -0.384 e. The Bertz CT molecular complexity index is 674. The van der Waals surface area contributed by atoms with Gasteiger partial charge in [0.25, 0.3) is 5.91 Å². The lowest BCUT2D eigenvalue weighted by atomic mass is 9.73. The molecule has 0 aliphatic carbocycles. The second kappa shape index (κ2) is 6.16. The van der Waals surface area contributed by atoms with E-state index in [2.05, 4.69) is 0 Å². The Morgan fingerprint density at radius 2 is 2.26 bits per heavy atom. The van der Waals surface area contributed by atoms with Crippen molar-refractivity contribution in [2.45, 2.75) is 6.42 Å². The lowest BCUT2D eigenvalue weighted by molar-refractivity contribution is 0.00359. The summed E-state index contributed by atoms with van der Waals surface area (Å²) < 4.78 is 30.8. The average Bonchev–Trinajstić information content (AvgIpc) is 3.13. The molecule has 0 N–H and O–H groups in total. The average molecular weight is 358 g/mol. The molecule has 2 aliphatic heterocycles. The molecule has 128 valence electrons. The van der Waals surface area contributed by atoms with Crippen molar-refractivity contribution >= 4 is 27.3 Å². The van der Waals surface area contributed by atoms with Crippen molar-refractivity contribution in [1.82, 2.24) is 9.21 Å². The molecular formula is C15H22N2O4S2. The molecule has 2 aliphatic rings. The number of piperidine rings is 1. The Morgan fingerprint density at radius 3 is 2.87 bits per heavy atom. The van der Waals surface area contributed by atoms with Gasteiger partial charge in [-0.15, -0.1) is 11.3 Å². The second-order valence-electron chi connectivity index (χ2n) is 6.53. The van der Waals surface area contributed by atoms with Gasteiger partial charge >= 0.3 is 0 Å². The summed E-state index contributed by atoms with van der Waals surface area (Å²) in [6.45, 7) is 2.73. The SMILES string of the molecule is COC[C@@]12CCN(C(=O)c3cccs3)C[C@@H]1CN(S(C)(=O)=O)C2. The molecule has 8 heteroatoms. The first-order valence-electron chi connectivity index (χ1n) is 7.62. The number of fused-ring (bicyclic) bond motifs is 1. The van der Waals surface area contributed by atoms with Crippen molar-refractivity contribution in [3.8, 4) is 0 Å². The van der Waals surface area contributed by atoms with Gasteiger partial charge < -0.3 is 9.64 Å². The standard InChI is InChI=1S/C15H22N2O4S2/c1-21-11-15-5-6-16(14(18)13-4-3-7-22-13)8-12(15)9-17(10-15)23(2,19)20/h3-4,7,12H,5-6,8-11H2,1-2H3/t12-,15+/m1/s1. The summed E-state index contributed by atoms with van der Waals surface area (Å²) in [4.78, 5) is 15.2. The number of ether oxygens (including phenoxy) is 1. The van der Waals surface area contributed by atoms with Crippen LogP contribution in [0.3, 0.4) is 0 Å². The number of rotatable bonds is 4. The van der Waals surface area contributed by atoms with Gasteiger partial charge in [-0.3, -0.25) is 4.79 Å². The van der Waals surface area contributed by atoms with Gasteiger partial charge in [0.2, 0.25) is 10.0 Å². The summed E-state index contributed by atoms with van der Waals surface area (Å²) in [5, 5.41) is 1.90. The molecule has 0 aromatic carbocycles. The molecule has 2 saturated heterocycles. The maximum absolute atomic E-state index is 12.6. The molecule has 1 aromatic heterocycles. The Balaban J connectivity index is 1.79. The van der Waals surface area contributed by atoms with E-state index in [-0.39, 0.29) is 17.2 Å². The lowest BCUT2D eigenvalue weighted by Gasteiger charge is -2.43. The minimum atomic E-state index is -3.22. The van der Waals surface area contributed by atoms with Gasteiger partial charge in [0.1, 0.15) is 0 Å². The summed E-state index contributed by atoms with van der Waals surface area (Å²) in [7, 11) is -1.57. The number of thiophene rings is 1. The molecule has 23 heavy (non-hydrogen) atoms. The highest BCUT2D eigenvalue weighted by atomic mass is 32.2. The first-order valence-corrected chi connectivity index (χ1v) is 10.4. The van der Waals surface area contributed by atoms with E-state index in [9.17, 15) is 13.2 Å². The summed E-state index contributed by atoms with van der Waals surface area (Å²) in [6.07, 6.45) is 2.02. The maximum atomic E-state index is 12.6. The Labute approximate surface area is 141 Å². The number of hydrogen-bond donors (Lipinski definition) is 0. The monoisotopic (exact) mass is 358 g/mol. The van der Waals surface area contributed by atoms with Crippen LogP contribution in [0.15, 0.2) is 17.5 Å². The highest BCUT2D eigenvalue weighted by Crippen LogP contribution is 2.44. The van der Waals surface area contributed by atoms with Gasteiger partial charge in [-0.2, -0.15) is 0 Å². The molecule has 3 rings (SSSR count). The Kier molecular flexibility index (Phi) is 4.52. The number of hydrogen-bond acceptors (Lipinski definition) is 5. The lowest BCUT2D eigenvalue weighted by Crippen LogP contribution is -2.50. The molecule has 0 bridgehead atoms. The molecule has 2 fully saturated rings. The van der Waals surface area contributed by atoms with Crippen LogP contribution in [0.2, 0.25) is 0 Å². The van der Waals surface area contributed by atoms with E-state index < -0.39 is 10.0 Å². The third-order valence-electron chi connectivity index (χ3n) is 5.02. The van der Waals surface area contributed by atoms with E-state index in [0.717, 1.165) is 11.3 Å². The fraction of sp³-hybridized carbons (Fsp3) is 0.667. The topological polar surface area (TPSA) is 66.9 Å². The number of likely N-dealkylation sites (tertiary alicyclic amines) is 1. The summed E-state index contributed by atoms with van der Waals surface area (Å²) in [5.41, 5.74) is -0.177. The fourth-order valence-corrected chi connectivity index (χ4v) is 5.38. The van der Waals surface area contributed by atoms with Crippen molar-refractivity contribution in [2.75, 3.05) is 46.2 Å². The fourth-order valence-electron chi connectivity index (χ4n) is 3.75. The number of sulfonamides is 1. The molecule has 0 radical (unpaired) electrons. The first kappa shape index (κ1) is 16.9. The molecule has 3 heterocycles. The summed E-state index contributed by atoms with van der Waals surface area (Å²) in [5.74, 6) is 0.165. The molecule has 0 unspecified atom stereocenters. The number of nitrogens with zero attached hydrogens (tertiary/aromatic N) is 2. The normalized spacial score (nSPS) is 28.8. The second-order valence-corrected chi connectivity index (χ2v) is 9.46. The number of methoxy groups -OCH3 is 1. The van der Waals surface area contributed by atoms with Crippen LogP contribution in [-0.2, 0) is 14.8 Å². The molecule has 2 atom stereocenters. The molecule has 0 saturated carbocycles. The van der Waals surface area contributed by atoms with Gasteiger partial charge in [-0.25, -0.2) is 12.7 Å². The summed E-state index contributed by atoms with van der Waals surface area (Å²) in [6, 6.07) is 3.71. The number of carbonyl (C=O) groups is 1. The van der Waals surface area contributed by atoms with E-state index >= 15 is 0 Å². The van der Waals surface area contributed by atoms with E-state index in [4.69, 9.17) is 4.74 Å². The van der Waals surface area contributed by atoms with Gasteiger partial charge in [-0.05, 0) is 23.8 Å². The van der Waals surface area contributed by atoms with Crippen LogP contribution in [0.25, 0.3) is 0 Å². The van der Waals surface area contributed by atoms with Crippen LogP contribution in [-0.4, -0.2) is 69.7 Å². The first-order chi connectivity index (χ1) is 10.9. The van der Waals surface area contributed by atoms with Crippen molar-refractivity contribution in [2.24, 2.45) is 11.3 Å². The minimum absolute atomic E-state index is 0.0452. The van der Waals surface area contributed by atoms with E-state index in [1.165, 1.54) is 21.9 Å². The van der Waals surface area contributed by atoms with Crippen LogP contribution in [0.4, 0.5) is 0 Å². The van der Waals surface area contributed by atoms with Gasteiger partial charge in [-0.1, -0.05) is 6.07 Å². The largest absolute Gasteiger partial charge is 0.384 e. The maximum Gasteiger partial charge on any atom is 0.263 e. The van der Waals surface area contributed by atoms with Gasteiger partial charge in [0.15, 0.2) is 0 Å². The third kappa shape index (κ3) is 3.17. The van der Waals surface area contributed by atoms with Crippen LogP contribution >= 0.6 is 11.3 Å². The van der Waals surface area contributed by atoms with Gasteiger partial charge in [0, 0.05) is 38.7 Å². The van der Waals surface area contributed by atoms with Crippen LogP contribution < -0.4 is 0 Å². The third-order valence-corrected chi connectivity index (χ3v) is 7.10. The zero-order valence-electron chi connectivity index (χ0n) is 13.4. The van der Waals surface area contributed by atoms with E-state index in [1.54, 1.807) is 7.11 Å². The van der Waals surface area contributed by atoms with Crippen molar-refractivity contribution < 1.29 is 17.9 Å². The van der Waals surface area contributed by atoms with Crippen LogP contribution in [0, 0.1) is 11.3 Å². The highest BCUT2D eigenvalue weighted by molar-refractivity contribution is 7.88. The predicted molar refractivity (Wildman–Crippen MR) is 89.1 cm³/mol. The van der Waals surface area contributed by atoms with Crippen LogP contribution in [0.5, 0.6) is 0 Å². The Hall–Kier alpha value is -0.960. The summed E-state index contributed by atoms with van der Waals surface area (Å²) >= 11 is 1.44. The molecule has 0 spiro atoms. The molecular weight excluding hydrogens is 336 g/mol. The molecule has 1 amide bonds. The number of amides is 1. The van der Waals surface area contributed by atoms with Crippen molar-refractivity contribution in [3.05, 3.63) is 22.4 Å². The molecule has 6 nitrogen and oxygen atoms in total.